The molecule has 0 aliphatic heterocycles. The summed E-state index contributed by atoms with van der Waals surface area (Å²) in [6.07, 6.45) is 3.47. The van der Waals surface area contributed by atoms with Crippen LogP contribution in [-0.2, 0) is 7.05 Å². The molecule has 5 nitrogen and oxygen atoms in total. The second kappa shape index (κ2) is 3.10. The van der Waals surface area contributed by atoms with Crippen molar-refractivity contribution in [3.63, 3.8) is 0 Å². The Morgan fingerprint density at radius 3 is 2.94 bits per heavy atom. The zero-order chi connectivity index (χ0) is 11.1. The largest absolute Gasteiger partial charge is 0.351 e. The third kappa shape index (κ3) is 1.18. The number of H-pyrrole nitrogens is 1. The van der Waals surface area contributed by atoms with Crippen molar-refractivity contribution < 1.29 is 0 Å². The number of aryl methyl sites for hydroxylation is 1. The smallest absolute Gasteiger partial charge is 0.347 e. The summed E-state index contributed by atoms with van der Waals surface area (Å²) in [5, 5.41) is 7.18. The average molecular weight is 214 g/mol. The second-order valence-electron chi connectivity index (χ2n) is 3.70. The van der Waals surface area contributed by atoms with Crippen molar-refractivity contribution in [1.29, 1.82) is 0 Å². The molecule has 0 spiro atoms. The van der Waals surface area contributed by atoms with Crippen molar-refractivity contribution in [2.24, 2.45) is 7.05 Å². The van der Waals surface area contributed by atoms with Crippen LogP contribution in [0, 0.1) is 0 Å². The minimum atomic E-state index is -0.227. The lowest BCUT2D eigenvalue weighted by molar-refractivity contribution is 0.965. The summed E-state index contributed by atoms with van der Waals surface area (Å²) in [7, 11) is 1.99. The number of aromatic nitrogens is 4. The van der Waals surface area contributed by atoms with Gasteiger partial charge in [0.1, 0.15) is 6.33 Å². The van der Waals surface area contributed by atoms with Crippen LogP contribution >= 0.6 is 0 Å². The number of fused-ring (bicyclic) bond motifs is 1. The maximum absolute atomic E-state index is 11.4. The van der Waals surface area contributed by atoms with Crippen molar-refractivity contribution in [1.82, 2.24) is 19.3 Å². The summed E-state index contributed by atoms with van der Waals surface area (Å²) < 4.78 is 3.52. The number of nitrogens with zero attached hydrogens (tertiary/aromatic N) is 3. The second-order valence-corrected chi connectivity index (χ2v) is 3.70. The van der Waals surface area contributed by atoms with Gasteiger partial charge in [0.25, 0.3) is 0 Å². The van der Waals surface area contributed by atoms with Gasteiger partial charge < -0.3 is 4.57 Å². The maximum atomic E-state index is 11.4. The molecule has 0 aliphatic rings. The van der Waals surface area contributed by atoms with Gasteiger partial charge in [-0.15, -0.1) is 0 Å². The summed E-state index contributed by atoms with van der Waals surface area (Å²) in [6.45, 7) is 0. The third-order valence-electron chi connectivity index (χ3n) is 2.70. The molecule has 3 aromatic rings. The molecular weight excluding hydrogens is 204 g/mol. The highest BCUT2D eigenvalue weighted by molar-refractivity contribution is 5.82. The summed E-state index contributed by atoms with van der Waals surface area (Å²) in [6, 6.07) is 7.87. The van der Waals surface area contributed by atoms with Crippen LogP contribution in [-0.4, -0.2) is 19.3 Å². The number of nitrogens with one attached hydrogen (secondary N) is 1. The van der Waals surface area contributed by atoms with Crippen LogP contribution < -0.4 is 5.69 Å². The quantitative estimate of drug-likeness (QED) is 0.658. The highest BCUT2D eigenvalue weighted by Gasteiger charge is 2.03. The van der Waals surface area contributed by atoms with Crippen LogP contribution in [0.25, 0.3) is 16.6 Å². The molecule has 0 fully saturated rings. The SMILES string of the molecule is Cn1ccc2cc(-n3cn[nH]c3=O)ccc21. The number of hydrogen-bond donors (Lipinski definition) is 1. The Morgan fingerprint density at radius 1 is 1.31 bits per heavy atom. The van der Waals surface area contributed by atoms with E-state index in [4.69, 9.17) is 0 Å². The van der Waals surface area contributed by atoms with Gasteiger partial charge in [-0.3, -0.25) is 0 Å². The van der Waals surface area contributed by atoms with Crippen LogP contribution in [0.4, 0.5) is 0 Å². The summed E-state index contributed by atoms with van der Waals surface area (Å²) in [5.41, 5.74) is 1.73. The van der Waals surface area contributed by atoms with E-state index in [0.29, 0.717) is 0 Å². The molecule has 2 aromatic heterocycles. The van der Waals surface area contributed by atoms with E-state index in [1.54, 1.807) is 0 Å². The molecule has 0 saturated carbocycles. The van der Waals surface area contributed by atoms with E-state index >= 15 is 0 Å². The fourth-order valence-corrected chi connectivity index (χ4v) is 1.85. The molecule has 1 N–H and O–H groups in total. The third-order valence-corrected chi connectivity index (χ3v) is 2.70. The molecule has 0 bridgehead atoms. The van der Waals surface area contributed by atoms with E-state index in [-0.39, 0.29) is 5.69 Å². The average Bonchev–Trinajstić information content (AvgIpc) is 2.86. The Hall–Kier alpha value is -2.30. The van der Waals surface area contributed by atoms with E-state index in [1.807, 2.05) is 42.1 Å². The van der Waals surface area contributed by atoms with Gasteiger partial charge in [-0.1, -0.05) is 0 Å². The van der Waals surface area contributed by atoms with Gasteiger partial charge in [0.05, 0.1) is 5.69 Å². The Kier molecular flexibility index (Phi) is 1.73. The Bertz CT molecular complexity index is 704. The Balaban J connectivity index is 2.27. The van der Waals surface area contributed by atoms with Crippen LogP contribution in [0.3, 0.4) is 0 Å². The van der Waals surface area contributed by atoms with Crippen LogP contribution in [0.2, 0.25) is 0 Å². The maximum Gasteiger partial charge on any atom is 0.347 e. The molecule has 0 unspecified atom stereocenters. The molecule has 2 heterocycles. The zero-order valence-electron chi connectivity index (χ0n) is 8.71. The van der Waals surface area contributed by atoms with Crippen LogP contribution in [0.5, 0.6) is 0 Å². The van der Waals surface area contributed by atoms with Gasteiger partial charge in [0, 0.05) is 24.1 Å². The minimum absolute atomic E-state index is 0.227. The van der Waals surface area contributed by atoms with E-state index in [1.165, 1.54) is 10.9 Å². The molecule has 5 heteroatoms. The summed E-state index contributed by atoms with van der Waals surface area (Å²) in [5.74, 6) is 0. The normalized spacial score (nSPS) is 11.1. The molecule has 0 atom stereocenters. The molecule has 0 amide bonds. The van der Waals surface area contributed by atoms with E-state index in [2.05, 4.69) is 10.2 Å². The van der Waals surface area contributed by atoms with Crippen LogP contribution in [0.15, 0.2) is 41.6 Å². The van der Waals surface area contributed by atoms with Gasteiger partial charge in [-0.25, -0.2) is 14.5 Å². The van der Waals surface area contributed by atoms with Gasteiger partial charge in [0.2, 0.25) is 0 Å². The van der Waals surface area contributed by atoms with E-state index < -0.39 is 0 Å². The zero-order valence-corrected chi connectivity index (χ0v) is 8.71. The molecule has 3 rings (SSSR count). The predicted molar refractivity (Wildman–Crippen MR) is 60.7 cm³/mol. The highest BCUT2D eigenvalue weighted by atomic mass is 16.1. The van der Waals surface area contributed by atoms with E-state index in [0.717, 1.165) is 16.6 Å². The highest BCUT2D eigenvalue weighted by Crippen LogP contribution is 2.17. The predicted octanol–water partition coefficient (Wildman–Crippen LogP) is 1.05. The first kappa shape index (κ1) is 8.96. The van der Waals surface area contributed by atoms with Crippen molar-refractivity contribution in [3.8, 4) is 5.69 Å². The fraction of sp³-hybridized carbons (Fsp3) is 0.0909. The standard InChI is InChI=1S/C11H10N4O/c1-14-5-4-8-6-9(2-3-10(8)14)15-7-12-13-11(15)16/h2-7H,1H3,(H,13,16). The van der Waals surface area contributed by atoms with Gasteiger partial charge >= 0.3 is 5.69 Å². The number of aromatic amines is 1. The number of benzene rings is 1. The monoisotopic (exact) mass is 214 g/mol. The van der Waals surface area contributed by atoms with Crippen LogP contribution in [0.1, 0.15) is 0 Å². The molecule has 0 saturated heterocycles. The molecular formula is C11H10N4O. The molecule has 0 aliphatic carbocycles. The van der Waals surface area contributed by atoms with Crippen molar-refractivity contribution in [3.05, 3.63) is 47.3 Å². The minimum Gasteiger partial charge on any atom is -0.351 e. The van der Waals surface area contributed by atoms with Gasteiger partial charge in [0.15, 0.2) is 0 Å². The van der Waals surface area contributed by atoms with Gasteiger partial charge in [-0.05, 0) is 24.3 Å². The van der Waals surface area contributed by atoms with Crippen molar-refractivity contribution in [2.45, 2.75) is 0 Å². The molecule has 1 aromatic carbocycles. The summed E-state index contributed by atoms with van der Waals surface area (Å²) in [4.78, 5) is 11.4. The van der Waals surface area contributed by atoms with Crippen molar-refractivity contribution in [2.75, 3.05) is 0 Å². The first-order chi connectivity index (χ1) is 7.75. The first-order valence-electron chi connectivity index (χ1n) is 4.93. The first-order valence-corrected chi connectivity index (χ1v) is 4.93. The topological polar surface area (TPSA) is 55.6 Å². The van der Waals surface area contributed by atoms with E-state index in [9.17, 15) is 4.79 Å². The fourth-order valence-electron chi connectivity index (χ4n) is 1.85. The molecule has 80 valence electrons. The number of hydrogen-bond acceptors (Lipinski definition) is 2. The lowest BCUT2D eigenvalue weighted by Crippen LogP contribution is -2.13. The molecule has 16 heavy (non-hydrogen) atoms. The van der Waals surface area contributed by atoms with Gasteiger partial charge in [-0.2, -0.15) is 5.10 Å². The summed E-state index contributed by atoms with van der Waals surface area (Å²) >= 11 is 0. The Labute approximate surface area is 90.9 Å². The molecule has 0 radical (unpaired) electrons. The Morgan fingerprint density at radius 2 is 2.19 bits per heavy atom. The lowest BCUT2D eigenvalue weighted by atomic mass is 10.2. The van der Waals surface area contributed by atoms with Crippen molar-refractivity contribution >= 4 is 10.9 Å². The lowest BCUT2D eigenvalue weighted by Gasteiger charge is -2.01. The number of rotatable bonds is 1.